The van der Waals surface area contributed by atoms with Crippen LogP contribution in [0.15, 0.2) is 30.3 Å². The molecule has 0 fully saturated rings. The molecule has 6 heteroatoms. The minimum atomic E-state index is -3.05. The quantitative estimate of drug-likeness (QED) is 0.360. The third-order valence-corrected chi connectivity index (χ3v) is 6.53. The summed E-state index contributed by atoms with van der Waals surface area (Å²) in [6, 6.07) is 9.19. The van der Waals surface area contributed by atoms with Crippen LogP contribution in [0.25, 0.3) is 0 Å². The molecule has 0 aliphatic heterocycles. The second-order valence-corrected chi connectivity index (χ2v) is 8.20. The van der Waals surface area contributed by atoms with Gasteiger partial charge in [-0.05, 0) is 31.7 Å². The second-order valence-electron chi connectivity index (χ2n) is 4.01. The van der Waals surface area contributed by atoms with Crippen molar-refractivity contribution in [3.8, 4) is 0 Å². The number of carbonyl (C=O) groups is 1. The lowest BCUT2D eigenvalue weighted by atomic mass is 10.1. The van der Waals surface area contributed by atoms with Crippen molar-refractivity contribution in [2.24, 2.45) is 0 Å². The molecule has 0 aliphatic rings. The molecule has 0 saturated carbocycles. The standard InChI is InChI=1S/C14H21O4PS/c1-3-17-19(16,18-4-2)20-12-8-11-14(15)13-9-6-5-7-10-13/h5-7,9-10H,3-4,8,11-12H2,1-2H3. The Kier molecular flexibility index (Phi) is 8.15. The molecule has 0 amide bonds. The van der Waals surface area contributed by atoms with E-state index in [1.165, 1.54) is 11.4 Å². The van der Waals surface area contributed by atoms with Crippen LogP contribution in [0.4, 0.5) is 0 Å². The number of rotatable bonds is 10. The Balaban J connectivity index is 2.33. The van der Waals surface area contributed by atoms with Crippen LogP contribution in [0.2, 0.25) is 0 Å². The molecule has 0 aliphatic carbocycles. The van der Waals surface area contributed by atoms with Crippen molar-refractivity contribution in [3.05, 3.63) is 35.9 Å². The predicted molar refractivity (Wildman–Crippen MR) is 83.3 cm³/mol. The van der Waals surface area contributed by atoms with Crippen LogP contribution < -0.4 is 0 Å². The van der Waals surface area contributed by atoms with Crippen molar-refractivity contribution in [2.75, 3.05) is 19.0 Å². The Morgan fingerprint density at radius 1 is 1.15 bits per heavy atom. The number of Topliss-reactive ketones (excluding diaryl/α,β-unsaturated/α-hetero) is 1. The fourth-order valence-electron chi connectivity index (χ4n) is 1.61. The average molecular weight is 316 g/mol. The van der Waals surface area contributed by atoms with Gasteiger partial charge in [-0.3, -0.25) is 4.79 Å². The zero-order valence-electron chi connectivity index (χ0n) is 11.9. The van der Waals surface area contributed by atoms with E-state index in [2.05, 4.69) is 0 Å². The summed E-state index contributed by atoms with van der Waals surface area (Å²) in [6.07, 6.45) is 1.10. The third-order valence-electron chi connectivity index (χ3n) is 2.47. The SMILES string of the molecule is CCOP(=O)(OCC)SCCCC(=O)c1ccccc1. The smallest absolute Gasteiger partial charge is 0.301 e. The topological polar surface area (TPSA) is 52.6 Å². The largest absolute Gasteiger partial charge is 0.389 e. The van der Waals surface area contributed by atoms with Crippen molar-refractivity contribution < 1.29 is 18.4 Å². The summed E-state index contributed by atoms with van der Waals surface area (Å²) < 4.78 is 22.5. The molecule has 20 heavy (non-hydrogen) atoms. The summed E-state index contributed by atoms with van der Waals surface area (Å²) in [7, 11) is 0. The zero-order chi connectivity index (χ0) is 14.8. The van der Waals surface area contributed by atoms with Crippen molar-refractivity contribution >= 4 is 24.0 Å². The van der Waals surface area contributed by atoms with Gasteiger partial charge in [-0.15, -0.1) is 0 Å². The van der Waals surface area contributed by atoms with Crippen LogP contribution in [-0.2, 0) is 13.6 Å². The van der Waals surface area contributed by atoms with E-state index in [9.17, 15) is 9.36 Å². The molecule has 0 unspecified atom stereocenters. The zero-order valence-corrected chi connectivity index (χ0v) is 13.6. The highest BCUT2D eigenvalue weighted by atomic mass is 32.7. The minimum absolute atomic E-state index is 0.105. The molecule has 0 atom stereocenters. The third kappa shape index (κ3) is 6.23. The first-order valence-corrected chi connectivity index (χ1v) is 9.86. The van der Waals surface area contributed by atoms with Crippen LogP contribution >= 0.6 is 18.2 Å². The Morgan fingerprint density at radius 3 is 2.30 bits per heavy atom. The fourth-order valence-corrected chi connectivity index (χ4v) is 5.10. The van der Waals surface area contributed by atoms with Crippen molar-refractivity contribution in [3.63, 3.8) is 0 Å². The summed E-state index contributed by atoms with van der Waals surface area (Å²) >= 11 is 1.17. The van der Waals surface area contributed by atoms with Gasteiger partial charge in [0, 0.05) is 17.7 Å². The monoisotopic (exact) mass is 316 g/mol. The van der Waals surface area contributed by atoms with Crippen molar-refractivity contribution in [1.82, 2.24) is 0 Å². The maximum absolute atomic E-state index is 12.2. The molecule has 0 aromatic heterocycles. The number of ketones is 1. The molecular formula is C14H21O4PS. The van der Waals surface area contributed by atoms with Gasteiger partial charge in [-0.1, -0.05) is 30.3 Å². The van der Waals surface area contributed by atoms with E-state index in [0.29, 0.717) is 31.8 Å². The summed E-state index contributed by atoms with van der Waals surface area (Å²) in [5.41, 5.74) is 0.718. The molecule has 4 nitrogen and oxygen atoms in total. The van der Waals surface area contributed by atoms with E-state index in [1.54, 1.807) is 26.0 Å². The van der Waals surface area contributed by atoms with Gasteiger partial charge in [0.1, 0.15) is 0 Å². The summed E-state index contributed by atoms with van der Waals surface area (Å²) in [4.78, 5) is 11.9. The summed E-state index contributed by atoms with van der Waals surface area (Å²) in [6.45, 7) is 1.23. The first-order valence-electron chi connectivity index (χ1n) is 6.73. The maximum Gasteiger partial charge on any atom is 0.389 e. The van der Waals surface area contributed by atoms with E-state index >= 15 is 0 Å². The van der Waals surface area contributed by atoms with Gasteiger partial charge in [0.15, 0.2) is 5.78 Å². The second kappa shape index (κ2) is 9.35. The van der Waals surface area contributed by atoms with Gasteiger partial charge in [-0.25, -0.2) is 4.57 Å². The molecule has 0 saturated heterocycles. The van der Waals surface area contributed by atoms with E-state index in [1.807, 2.05) is 18.2 Å². The number of hydrogen-bond acceptors (Lipinski definition) is 5. The highest BCUT2D eigenvalue weighted by Gasteiger charge is 2.24. The lowest BCUT2D eigenvalue weighted by Crippen LogP contribution is -1.99. The van der Waals surface area contributed by atoms with Crippen LogP contribution in [0.3, 0.4) is 0 Å². The van der Waals surface area contributed by atoms with Gasteiger partial charge < -0.3 is 9.05 Å². The highest BCUT2D eigenvalue weighted by molar-refractivity contribution is 8.55. The Labute approximate surface area is 124 Å². The molecule has 1 rings (SSSR count). The molecular weight excluding hydrogens is 295 g/mol. The van der Waals surface area contributed by atoms with E-state index in [0.717, 1.165) is 5.56 Å². The lowest BCUT2D eigenvalue weighted by Gasteiger charge is -2.15. The first kappa shape index (κ1) is 17.4. The predicted octanol–water partition coefficient (Wildman–Crippen LogP) is 4.56. The fraction of sp³-hybridized carbons (Fsp3) is 0.500. The molecule has 112 valence electrons. The minimum Gasteiger partial charge on any atom is -0.301 e. The van der Waals surface area contributed by atoms with Gasteiger partial charge >= 0.3 is 6.80 Å². The van der Waals surface area contributed by atoms with Gasteiger partial charge in [0.25, 0.3) is 0 Å². The van der Waals surface area contributed by atoms with Crippen LogP contribution in [0.1, 0.15) is 37.0 Å². The van der Waals surface area contributed by atoms with E-state index < -0.39 is 6.80 Å². The Morgan fingerprint density at radius 2 is 1.75 bits per heavy atom. The first-order chi connectivity index (χ1) is 9.61. The lowest BCUT2D eigenvalue weighted by molar-refractivity contribution is 0.0982. The van der Waals surface area contributed by atoms with E-state index in [-0.39, 0.29) is 5.78 Å². The Hall–Kier alpha value is -0.610. The number of hydrogen-bond donors (Lipinski definition) is 0. The average Bonchev–Trinajstić information content (AvgIpc) is 2.45. The summed E-state index contributed by atoms with van der Waals surface area (Å²) in [5.74, 6) is 0.685. The molecule has 0 heterocycles. The molecule has 0 spiro atoms. The van der Waals surface area contributed by atoms with Gasteiger partial charge in [0.2, 0.25) is 0 Å². The summed E-state index contributed by atoms with van der Waals surface area (Å²) in [5, 5.41) is 0. The molecule has 1 aromatic carbocycles. The Bertz CT molecular complexity index is 440. The van der Waals surface area contributed by atoms with Crippen LogP contribution in [0, 0.1) is 0 Å². The number of benzene rings is 1. The van der Waals surface area contributed by atoms with Gasteiger partial charge in [-0.2, -0.15) is 0 Å². The molecule has 1 aromatic rings. The van der Waals surface area contributed by atoms with Crippen molar-refractivity contribution in [1.29, 1.82) is 0 Å². The van der Waals surface area contributed by atoms with Gasteiger partial charge in [0.05, 0.1) is 13.2 Å². The number of carbonyl (C=O) groups excluding carboxylic acids is 1. The molecule has 0 radical (unpaired) electrons. The molecule has 0 bridgehead atoms. The van der Waals surface area contributed by atoms with Crippen LogP contribution in [-0.4, -0.2) is 24.7 Å². The van der Waals surface area contributed by atoms with Crippen molar-refractivity contribution in [2.45, 2.75) is 26.7 Å². The molecule has 0 N–H and O–H groups in total. The maximum atomic E-state index is 12.2. The normalized spacial score (nSPS) is 11.5. The highest BCUT2D eigenvalue weighted by Crippen LogP contribution is 2.60. The van der Waals surface area contributed by atoms with E-state index in [4.69, 9.17) is 9.05 Å². The van der Waals surface area contributed by atoms with Crippen LogP contribution in [0.5, 0.6) is 0 Å².